The van der Waals surface area contributed by atoms with Gasteiger partial charge in [-0.25, -0.2) is 4.79 Å². The van der Waals surface area contributed by atoms with E-state index in [1.54, 1.807) is 48.3 Å². The number of hydrogen-bond donors (Lipinski definition) is 2. The number of rotatable bonds is 13. The SMILES string of the molecule is CC[C@H](c1ccccc1)N1Cc2cc3c(cc2C[C@H]1C(=O)N[C@@H](Cc1ccc(-c2ccc(C#N)cc2)cc1)C(=O)O)N(C)C(=O)[C@H](c1ccc(OCc2ccc(Cl)c(Cl)c2)cc1)O3. The van der Waals surface area contributed by atoms with E-state index < -0.39 is 24.2 Å². The van der Waals surface area contributed by atoms with E-state index in [9.17, 15) is 19.5 Å². The molecule has 0 radical (unpaired) electrons. The molecule has 12 heteroatoms. The molecule has 2 heterocycles. The number of aliphatic carboxylic acids is 1. The van der Waals surface area contributed by atoms with E-state index in [-0.39, 0.29) is 30.9 Å². The predicted molar refractivity (Wildman–Crippen MR) is 243 cm³/mol. The molecule has 8 rings (SSSR count). The Morgan fingerprint density at radius 1 is 0.873 bits per heavy atom. The second-order valence-electron chi connectivity index (χ2n) is 15.8. The Balaban J connectivity index is 1.02. The Kier molecular flexibility index (Phi) is 12.8. The fourth-order valence-corrected chi connectivity index (χ4v) is 8.70. The number of fused-ring (bicyclic) bond motifs is 2. The van der Waals surface area contributed by atoms with Crippen molar-refractivity contribution in [1.82, 2.24) is 10.2 Å². The Morgan fingerprint density at radius 3 is 2.21 bits per heavy atom. The summed E-state index contributed by atoms with van der Waals surface area (Å²) < 4.78 is 12.5. The number of nitrogens with zero attached hydrogens (tertiary/aromatic N) is 3. The molecule has 4 atom stereocenters. The van der Waals surface area contributed by atoms with Crippen LogP contribution in [0.3, 0.4) is 0 Å². The number of ether oxygens (including phenoxy) is 2. The second-order valence-corrected chi connectivity index (χ2v) is 16.6. The number of carboxylic acids is 1. The molecule has 2 aliphatic heterocycles. The van der Waals surface area contributed by atoms with Gasteiger partial charge in [0, 0.05) is 31.6 Å². The Hall–Kier alpha value is -6.64. The zero-order chi connectivity index (χ0) is 44.2. The lowest BCUT2D eigenvalue weighted by Crippen LogP contribution is -2.55. The number of likely N-dealkylation sites (N-methyl/N-ethyl adjacent to an activating group) is 1. The van der Waals surface area contributed by atoms with Gasteiger partial charge in [-0.15, -0.1) is 0 Å². The number of benzene rings is 6. The van der Waals surface area contributed by atoms with Crippen molar-refractivity contribution in [2.45, 2.75) is 63.6 Å². The fraction of sp³-hybridized carbons (Fsp3) is 0.216. The van der Waals surface area contributed by atoms with Crippen LogP contribution in [0, 0.1) is 11.3 Å². The zero-order valence-corrected chi connectivity index (χ0v) is 36.1. The molecule has 0 bridgehead atoms. The molecule has 0 saturated carbocycles. The average molecular weight is 880 g/mol. The van der Waals surface area contributed by atoms with Crippen molar-refractivity contribution in [3.63, 3.8) is 0 Å². The zero-order valence-electron chi connectivity index (χ0n) is 34.6. The van der Waals surface area contributed by atoms with Crippen LogP contribution in [0.15, 0.2) is 133 Å². The molecule has 0 fully saturated rings. The van der Waals surface area contributed by atoms with Crippen molar-refractivity contribution in [3.05, 3.63) is 182 Å². The maximum atomic E-state index is 14.5. The van der Waals surface area contributed by atoms with Crippen LogP contribution in [0.5, 0.6) is 11.5 Å². The number of hydrogen-bond acceptors (Lipinski definition) is 7. The predicted octanol–water partition coefficient (Wildman–Crippen LogP) is 9.90. The van der Waals surface area contributed by atoms with Gasteiger partial charge in [-0.2, -0.15) is 5.26 Å². The van der Waals surface area contributed by atoms with Crippen molar-refractivity contribution in [1.29, 1.82) is 5.26 Å². The summed E-state index contributed by atoms with van der Waals surface area (Å²) in [5.41, 5.74) is 8.18. The molecule has 6 aromatic rings. The van der Waals surface area contributed by atoms with E-state index in [1.807, 2.05) is 97.1 Å². The monoisotopic (exact) mass is 878 g/mol. The van der Waals surface area contributed by atoms with Crippen molar-refractivity contribution >= 4 is 46.7 Å². The molecule has 2 N–H and O–H groups in total. The van der Waals surface area contributed by atoms with E-state index in [1.165, 1.54) is 0 Å². The molecule has 2 aliphatic rings. The molecule has 0 aromatic heterocycles. The van der Waals surface area contributed by atoms with Crippen molar-refractivity contribution in [3.8, 4) is 28.7 Å². The van der Waals surface area contributed by atoms with Crippen LogP contribution < -0.4 is 19.7 Å². The molecule has 0 saturated heterocycles. The molecule has 0 unspecified atom stereocenters. The minimum atomic E-state index is -1.18. The van der Waals surface area contributed by atoms with Gasteiger partial charge in [-0.1, -0.05) is 115 Å². The smallest absolute Gasteiger partial charge is 0.326 e. The van der Waals surface area contributed by atoms with E-state index >= 15 is 0 Å². The van der Waals surface area contributed by atoms with E-state index in [0.29, 0.717) is 57.7 Å². The van der Waals surface area contributed by atoms with E-state index in [0.717, 1.165) is 38.9 Å². The number of carboxylic acid groups (broad SMARTS) is 1. The average Bonchev–Trinajstić information content (AvgIpc) is 3.30. The van der Waals surface area contributed by atoms with Crippen molar-refractivity contribution in [2.24, 2.45) is 0 Å². The summed E-state index contributed by atoms with van der Waals surface area (Å²) in [5.74, 6) is -0.610. The third kappa shape index (κ3) is 9.42. The molecule has 0 spiro atoms. The third-order valence-electron chi connectivity index (χ3n) is 11.8. The first-order valence-electron chi connectivity index (χ1n) is 20.7. The maximum absolute atomic E-state index is 14.5. The highest BCUT2D eigenvalue weighted by atomic mass is 35.5. The van der Waals surface area contributed by atoms with Crippen LogP contribution in [0.25, 0.3) is 11.1 Å². The lowest BCUT2D eigenvalue weighted by molar-refractivity contribution is -0.143. The molecule has 318 valence electrons. The molecular formula is C51H44Cl2N4O6. The van der Waals surface area contributed by atoms with Gasteiger partial charge >= 0.3 is 5.97 Å². The van der Waals surface area contributed by atoms with Gasteiger partial charge in [-0.05, 0) is 100 Å². The van der Waals surface area contributed by atoms with Gasteiger partial charge in [-0.3, -0.25) is 14.5 Å². The normalized spacial score (nSPS) is 16.7. The highest BCUT2D eigenvalue weighted by Gasteiger charge is 2.40. The Bertz CT molecular complexity index is 2690. The summed E-state index contributed by atoms with van der Waals surface area (Å²) in [6.07, 6.45) is 0.181. The van der Waals surface area contributed by atoms with E-state index in [4.69, 9.17) is 37.9 Å². The van der Waals surface area contributed by atoms with Crippen LogP contribution in [-0.4, -0.2) is 46.9 Å². The van der Waals surface area contributed by atoms with Gasteiger partial charge in [0.1, 0.15) is 24.1 Å². The molecule has 0 aliphatic carbocycles. The summed E-state index contributed by atoms with van der Waals surface area (Å²) in [7, 11) is 1.72. The third-order valence-corrected chi connectivity index (χ3v) is 12.5. The lowest BCUT2D eigenvalue weighted by atomic mass is 9.88. The van der Waals surface area contributed by atoms with Crippen LogP contribution in [-0.2, 0) is 40.4 Å². The highest BCUT2D eigenvalue weighted by Crippen LogP contribution is 2.43. The van der Waals surface area contributed by atoms with Crippen molar-refractivity contribution in [2.75, 3.05) is 11.9 Å². The number of carbonyl (C=O) groups excluding carboxylic acids is 2. The minimum Gasteiger partial charge on any atom is -0.489 e. The summed E-state index contributed by atoms with van der Waals surface area (Å²) in [6.45, 7) is 2.75. The minimum absolute atomic E-state index is 0.0846. The van der Waals surface area contributed by atoms with Gasteiger partial charge in [0.15, 0.2) is 0 Å². The topological polar surface area (TPSA) is 132 Å². The number of carbonyl (C=O) groups is 3. The summed E-state index contributed by atoms with van der Waals surface area (Å²) in [4.78, 5) is 44.8. The first kappa shape index (κ1) is 43.0. The van der Waals surface area contributed by atoms with Crippen LogP contribution >= 0.6 is 23.2 Å². The Labute approximate surface area is 376 Å². The number of halogens is 2. The van der Waals surface area contributed by atoms with Gasteiger partial charge in [0.2, 0.25) is 12.0 Å². The molecular weight excluding hydrogens is 835 g/mol. The highest BCUT2D eigenvalue weighted by molar-refractivity contribution is 6.42. The first-order valence-corrected chi connectivity index (χ1v) is 21.4. The standard InChI is InChI=1S/C51H44Cl2N4O6/c1-3-44(36-7-5-4-6-8-36)57-29-39-27-47-45(56(2)50(59)48(63-47)37-18-20-40(21-19-37)62-30-33-13-22-41(52)42(53)23-33)25-38(39)26-46(57)49(58)55-43(51(60)61)24-31-9-14-34(15-10-31)35-16-11-32(28-54)12-17-35/h4-23,25,27,43-44,46,48H,3,24,26,29-30H2,1-2H3,(H,55,58)(H,60,61)/t43-,44+,46-,48-/m0/s1. The van der Waals surface area contributed by atoms with Gasteiger partial charge in [0.25, 0.3) is 5.91 Å². The molecule has 6 aromatic carbocycles. The summed E-state index contributed by atoms with van der Waals surface area (Å²) in [5, 5.41) is 23.4. The first-order chi connectivity index (χ1) is 30.5. The van der Waals surface area contributed by atoms with E-state index in [2.05, 4.69) is 23.2 Å². The fourth-order valence-electron chi connectivity index (χ4n) is 8.38. The number of amides is 2. The van der Waals surface area contributed by atoms with Gasteiger partial charge < -0.3 is 24.8 Å². The number of anilines is 1. The summed E-state index contributed by atoms with van der Waals surface area (Å²) >= 11 is 12.2. The number of nitriles is 1. The largest absolute Gasteiger partial charge is 0.489 e. The molecule has 63 heavy (non-hydrogen) atoms. The second kappa shape index (κ2) is 18.8. The van der Waals surface area contributed by atoms with Crippen LogP contribution in [0.1, 0.15) is 64.4 Å². The maximum Gasteiger partial charge on any atom is 0.326 e. The van der Waals surface area contributed by atoms with Crippen LogP contribution in [0.4, 0.5) is 5.69 Å². The molecule has 10 nitrogen and oxygen atoms in total. The summed E-state index contributed by atoms with van der Waals surface area (Å²) in [6, 6.07) is 41.3. The number of nitrogens with one attached hydrogen (secondary N) is 1. The Morgan fingerprint density at radius 2 is 1.56 bits per heavy atom. The van der Waals surface area contributed by atoms with Crippen LogP contribution in [0.2, 0.25) is 10.0 Å². The quantitative estimate of drug-likeness (QED) is 0.117. The van der Waals surface area contributed by atoms with Crippen molar-refractivity contribution < 1.29 is 29.0 Å². The lowest BCUT2D eigenvalue weighted by Gasteiger charge is -2.42. The van der Waals surface area contributed by atoms with Gasteiger partial charge in [0.05, 0.1) is 33.4 Å². The molecule has 2 amide bonds.